The van der Waals surface area contributed by atoms with Crippen molar-refractivity contribution >= 4 is 22.6 Å². The van der Waals surface area contributed by atoms with Crippen molar-refractivity contribution < 1.29 is 4.79 Å². The molecule has 4 rings (SSSR count). The Bertz CT molecular complexity index is 1110. The second-order valence-electron chi connectivity index (χ2n) is 6.10. The highest BCUT2D eigenvalue weighted by molar-refractivity contribution is 5.93. The predicted octanol–water partition coefficient (Wildman–Crippen LogP) is 2.16. The van der Waals surface area contributed by atoms with E-state index in [1.54, 1.807) is 10.6 Å². The summed E-state index contributed by atoms with van der Waals surface area (Å²) < 4.78 is 3.66. The van der Waals surface area contributed by atoms with Crippen molar-refractivity contribution in [2.24, 2.45) is 7.05 Å². The molecule has 0 atom stereocenters. The minimum absolute atomic E-state index is 0.241. The van der Waals surface area contributed by atoms with Gasteiger partial charge in [-0.25, -0.2) is 14.5 Å². The standard InChI is InChI=1S/C18H18N6O/c1-11-8-12(2)24-16(20-11)9-14(22-24)18(25)19-10-17-21-13-6-4-5-7-15(13)23(17)3/h4-9H,10H2,1-3H3,(H,19,25). The Labute approximate surface area is 144 Å². The van der Waals surface area contributed by atoms with Gasteiger partial charge in [0.2, 0.25) is 0 Å². The van der Waals surface area contributed by atoms with E-state index in [1.165, 1.54) is 0 Å². The second kappa shape index (κ2) is 5.70. The van der Waals surface area contributed by atoms with Crippen LogP contribution in [0.2, 0.25) is 0 Å². The molecule has 3 aromatic heterocycles. The van der Waals surface area contributed by atoms with Gasteiger partial charge in [-0.2, -0.15) is 5.10 Å². The first kappa shape index (κ1) is 15.3. The summed E-state index contributed by atoms with van der Waals surface area (Å²) in [6, 6.07) is 11.5. The zero-order valence-corrected chi connectivity index (χ0v) is 14.3. The van der Waals surface area contributed by atoms with Crippen LogP contribution < -0.4 is 5.32 Å². The van der Waals surface area contributed by atoms with Crippen molar-refractivity contribution in [3.63, 3.8) is 0 Å². The Morgan fingerprint density at radius 1 is 1.16 bits per heavy atom. The van der Waals surface area contributed by atoms with Gasteiger partial charge in [0, 0.05) is 24.5 Å². The lowest BCUT2D eigenvalue weighted by Gasteiger charge is -2.03. The third-order valence-corrected chi connectivity index (χ3v) is 4.25. The molecule has 1 aromatic carbocycles. The number of hydrogen-bond acceptors (Lipinski definition) is 4. The summed E-state index contributed by atoms with van der Waals surface area (Å²) in [7, 11) is 1.94. The topological polar surface area (TPSA) is 77.1 Å². The molecule has 7 nitrogen and oxygen atoms in total. The molecule has 0 aliphatic heterocycles. The Morgan fingerprint density at radius 2 is 1.96 bits per heavy atom. The van der Waals surface area contributed by atoms with E-state index in [9.17, 15) is 4.79 Å². The van der Waals surface area contributed by atoms with Crippen LogP contribution in [-0.4, -0.2) is 30.1 Å². The average molecular weight is 334 g/mol. The van der Waals surface area contributed by atoms with Crippen LogP contribution in [0.15, 0.2) is 36.4 Å². The molecule has 0 saturated carbocycles. The highest BCUT2D eigenvalue weighted by atomic mass is 16.1. The molecular formula is C18H18N6O. The molecule has 1 amide bonds. The van der Waals surface area contributed by atoms with Crippen LogP contribution in [0, 0.1) is 13.8 Å². The lowest BCUT2D eigenvalue weighted by atomic mass is 10.3. The van der Waals surface area contributed by atoms with E-state index in [4.69, 9.17) is 0 Å². The van der Waals surface area contributed by atoms with Crippen LogP contribution in [0.5, 0.6) is 0 Å². The van der Waals surface area contributed by atoms with Gasteiger partial charge in [-0.05, 0) is 32.0 Å². The van der Waals surface area contributed by atoms with E-state index in [2.05, 4.69) is 20.4 Å². The van der Waals surface area contributed by atoms with E-state index >= 15 is 0 Å². The van der Waals surface area contributed by atoms with Crippen LogP contribution in [0.25, 0.3) is 16.7 Å². The summed E-state index contributed by atoms with van der Waals surface area (Å²) in [6.45, 7) is 4.20. The number of aryl methyl sites for hydroxylation is 3. The Hall–Kier alpha value is -3.22. The maximum Gasteiger partial charge on any atom is 0.272 e. The molecule has 0 aliphatic carbocycles. The fourth-order valence-corrected chi connectivity index (χ4v) is 3.00. The molecule has 1 N–H and O–H groups in total. The summed E-state index contributed by atoms with van der Waals surface area (Å²) in [5.41, 5.74) is 4.81. The molecule has 4 aromatic rings. The third kappa shape index (κ3) is 2.63. The number of fused-ring (bicyclic) bond motifs is 2. The van der Waals surface area contributed by atoms with Gasteiger partial charge in [0.05, 0.1) is 17.6 Å². The summed E-state index contributed by atoms with van der Waals surface area (Å²) in [5.74, 6) is 0.554. The SMILES string of the molecule is Cc1cc(C)n2nc(C(=O)NCc3nc4ccccc4n3C)cc2n1. The minimum atomic E-state index is -0.241. The monoisotopic (exact) mass is 334 g/mol. The first-order chi connectivity index (χ1) is 12.0. The number of aromatic nitrogens is 5. The van der Waals surface area contributed by atoms with Gasteiger partial charge in [-0.15, -0.1) is 0 Å². The number of carbonyl (C=O) groups excluding carboxylic acids is 1. The van der Waals surface area contributed by atoms with Crippen LogP contribution in [0.4, 0.5) is 0 Å². The molecule has 0 unspecified atom stereocenters. The maximum absolute atomic E-state index is 12.5. The second-order valence-corrected chi connectivity index (χ2v) is 6.10. The number of nitrogens with one attached hydrogen (secondary N) is 1. The van der Waals surface area contributed by atoms with Crippen molar-refractivity contribution in [1.29, 1.82) is 0 Å². The Balaban J connectivity index is 1.57. The number of nitrogens with zero attached hydrogens (tertiary/aromatic N) is 5. The van der Waals surface area contributed by atoms with Crippen molar-refractivity contribution in [2.75, 3.05) is 0 Å². The number of imidazole rings is 1. The molecule has 0 saturated heterocycles. The number of rotatable bonds is 3. The molecule has 7 heteroatoms. The lowest BCUT2D eigenvalue weighted by molar-refractivity contribution is 0.0944. The maximum atomic E-state index is 12.5. The van der Waals surface area contributed by atoms with Crippen LogP contribution in [0.1, 0.15) is 27.7 Å². The van der Waals surface area contributed by atoms with Gasteiger partial charge in [0.15, 0.2) is 11.3 Å². The number of amides is 1. The fourth-order valence-electron chi connectivity index (χ4n) is 3.00. The molecule has 126 valence electrons. The normalized spacial score (nSPS) is 11.3. The number of hydrogen-bond donors (Lipinski definition) is 1. The van der Waals surface area contributed by atoms with Gasteiger partial charge in [-0.3, -0.25) is 4.79 Å². The quantitative estimate of drug-likeness (QED) is 0.623. The Morgan fingerprint density at radius 3 is 2.76 bits per heavy atom. The van der Waals surface area contributed by atoms with E-state index < -0.39 is 0 Å². The highest BCUT2D eigenvalue weighted by Crippen LogP contribution is 2.14. The summed E-state index contributed by atoms with van der Waals surface area (Å²) in [6.07, 6.45) is 0. The lowest BCUT2D eigenvalue weighted by Crippen LogP contribution is -2.24. The minimum Gasteiger partial charge on any atom is -0.343 e. The molecule has 3 heterocycles. The summed E-state index contributed by atoms with van der Waals surface area (Å²) in [4.78, 5) is 21.4. The van der Waals surface area contributed by atoms with E-state index in [0.29, 0.717) is 17.9 Å². The molecular weight excluding hydrogens is 316 g/mol. The predicted molar refractivity (Wildman–Crippen MR) is 94.3 cm³/mol. The van der Waals surface area contributed by atoms with Gasteiger partial charge < -0.3 is 9.88 Å². The molecule has 0 spiro atoms. The highest BCUT2D eigenvalue weighted by Gasteiger charge is 2.14. The average Bonchev–Trinajstić information content (AvgIpc) is 3.15. The smallest absolute Gasteiger partial charge is 0.272 e. The van der Waals surface area contributed by atoms with Crippen molar-refractivity contribution in [2.45, 2.75) is 20.4 Å². The van der Waals surface area contributed by atoms with Gasteiger partial charge >= 0.3 is 0 Å². The van der Waals surface area contributed by atoms with Gasteiger partial charge in [-0.1, -0.05) is 12.1 Å². The van der Waals surface area contributed by atoms with Crippen molar-refractivity contribution in [3.8, 4) is 0 Å². The fraction of sp³-hybridized carbons (Fsp3) is 0.222. The summed E-state index contributed by atoms with van der Waals surface area (Å²) in [5, 5.41) is 7.23. The van der Waals surface area contributed by atoms with Crippen molar-refractivity contribution in [1.82, 2.24) is 29.5 Å². The van der Waals surface area contributed by atoms with E-state index in [1.807, 2.05) is 55.8 Å². The Kier molecular flexibility index (Phi) is 3.49. The molecule has 0 radical (unpaired) electrons. The number of para-hydroxylation sites is 2. The first-order valence-corrected chi connectivity index (χ1v) is 8.05. The number of carbonyl (C=O) groups is 1. The van der Waals surface area contributed by atoms with Crippen LogP contribution in [0.3, 0.4) is 0 Å². The van der Waals surface area contributed by atoms with Gasteiger partial charge in [0.1, 0.15) is 5.82 Å². The zero-order chi connectivity index (χ0) is 17.6. The largest absolute Gasteiger partial charge is 0.343 e. The summed E-state index contributed by atoms with van der Waals surface area (Å²) >= 11 is 0. The third-order valence-electron chi connectivity index (χ3n) is 4.25. The van der Waals surface area contributed by atoms with E-state index in [0.717, 1.165) is 28.2 Å². The van der Waals surface area contributed by atoms with Crippen molar-refractivity contribution in [3.05, 3.63) is 59.3 Å². The van der Waals surface area contributed by atoms with Crippen LogP contribution in [-0.2, 0) is 13.6 Å². The molecule has 0 fully saturated rings. The van der Waals surface area contributed by atoms with E-state index in [-0.39, 0.29) is 5.91 Å². The molecule has 25 heavy (non-hydrogen) atoms. The first-order valence-electron chi connectivity index (χ1n) is 8.05. The number of benzene rings is 1. The zero-order valence-electron chi connectivity index (χ0n) is 14.3. The van der Waals surface area contributed by atoms with Gasteiger partial charge in [0.25, 0.3) is 5.91 Å². The van der Waals surface area contributed by atoms with Crippen LogP contribution >= 0.6 is 0 Å². The molecule has 0 bridgehead atoms. The molecule has 0 aliphatic rings.